The van der Waals surface area contributed by atoms with Crippen molar-refractivity contribution in [2.24, 2.45) is 10.7 Å². The number of hydrogen-bond acceptors (Lipinski definition) is 5. The van der Waals surface area contributed by atoms with Gasteiger partial charge in [-0.1, -0.05) is 37.3 Å². The number of hydrogen-bond donors (Lipinski definition) is 2. The number of nitrogens with one attached hydrogen (secondary N) is 1. The molecule has 1 aromatic heterocycles. The zero-order valence-corrected chi connectivity index (χ0v) is 16.4. The third-order valence-electron chi connectivity index (χ3n) is 4.95. The van der Waals surface area contributed by atoms with E-state index in [0.717, 1.165) is 33.9 Å². The molecule has 0 saturated heterocycles. The molecule has 0 bridgehead atoms. The van der Waals surface area contributed by atoms with Gasteiger partial charge >= 0.3 is 0 Å². The zero-order chi connectivity index (χ0) is 19.5. The fourth-order valence-electron chi connectivity index (χ4n) is 3.41. The molecular formula is C22H22N4OS. The summed E-state index contributed by atoms with van der Waals surface area (Å²) in [5, 5.41) is 5.98. The molecule has 142 valence electrons. The molecule has 28 heavy (non-hydrogen) atoms. The summed E-state index contributed by atoms with van der Waals surface area (Å²) in [6, 6.07) is 19.6. The maximum Gasteiger partial charge on any atom is 0.231 e. The van der Waals surface area contributed by atoms with Gasteiger partial charge in [0.05, 0.1) is 12.3 Å². The molecule has 2 atom stereocenters. The van der Waals surface area contributed by atoms with E-state index >= 15 is 0 Å². The molecule has 2 unspecified atom stereocenters. The Kier molecular flexibility index (Phi) is 5.23. The van der Waals surface area contributed by atoms with E-state index in [2.05, 4.69) is 10.3 Å². The number of benzene rings is 2. The molecule has 0 radical (unpaired) electrons. The Morgan fingerprint density at radius 1 is 1.18 bits per heavy atom. The van der Waals surface area contributed by atoms with Gasteiger partial charge in [-0.15, -0.1) is 11.3 Å². The molecule has 0 saturated carbocycles. The van der Waals surface area contributed by atoms with Crippen molar-refractivity contribution in [1.82, 2.24) is 0 Å². The van der Waals surface area contributed by atoms with Crippen LogP contribution in [-0.2, 0) is 4.79 Å². The monoisotopic (exact) mass is 390 g/mol. The van der Waals surface area contributed by atoms with Crippen molar-refractivity contribution in [3.8, 4) is 0 Å². The van der Waals surface area contributed by atoms with E-state index in [1.807, 2.05) is 77.9 Å². The van der Waals surface area contributed by atoms with Gasteiger partial charge in [0.1, 0.15) is 11.2 Å². The molecule has 2 aromatic carbocycles. The van der Waals surface area contributed by atoms with Crippen molar-refractivity contribution < 1.29 is 4.79 Å². The molecule has 0 spiro atoms. The van der Waals surface area contributed by atoms with E-state index in [1.165, 1.54) is 0 Å². The summed E-state index contributed by atoms with van der Waals surface area (Å²) < 4.78 is 0. The van der Waals surface area contributed by atoms with E-state index in [9.17, 15) is 4.79 Å². The molecule has 1 aliphatic heterocycles. The Hall–Kier alpha value is -2.96. The van der Waals surface area contributed by atoms with Crippen LogP contribution >= 0.6 is 11.3 Å². The summed E-state index contributed by atoms with van der Waals surface area (Å²) in [7, 11) is 0. The average molecular weight is 391 g/mol. The molecule has 5 nitrogen and oxygen atoms in total. The summed E-state index contributed by atoms with van der Waals surface area (Å²) in [5.74, 6) is -0.166. The Morgan fingerprint density at radius 2 is 1.93 bits per heavy atom. The molecule has 3 N–H and O–H groups in total. The molecule has 0 aliphatic carbocycles. The number of rotatable bonds is 5. The summed E-state index contributed by atoms with van der Waals surface area (Å²) >= 11 is 1.59. The van der Waals surface area contributed by atoms with Gasteiger partial charge in [0.2, 0.25) is 5.91 Å². The number of anilines is 2. The molecule has 3 aromatic rings. The summed E-state index contributed by atoms with van der Waals surface area (Å²) in [6.45, 7) is 2.02. The number of carbonyl (C=O) groups excluding carboxylic acids is 1. The minimum Gasteiger partial charge on any atom is -0.326 e. The lowest BCUT2D eigenvalue weighted by Gasteiger charge is -2.29. The second-order valence-electron chi connectivity index (χ2n) is 6.69. The molecule has 1 amide bonds. The molecule has 4 rings (SSSR count). The summed E-state index contributed by atoms with van der Waals surface area (Å²) in [4.78, 5) is 19.1. The number of carbonyl (C=O) groups is 1. The first-order chi connectivity index (χ1) is 13.7. The predicted octanol–water partition coefficient (Wildman–Crippen LogP) is 5.02. The van der Waals surface area contributed by atoms with Gasteiger partial charge in [-0.25, -0.2) is 4.99 Å². The van der Waals surface area contributed by atoms with Crippen LogP contribution in [0.3, 0.4) is 0 Å². The maximum absolute atomic E-state index is 12.7. The average Bonchev–Trinajstić information content (AvgIpc) is 3.20. The Morgan fingerprint density at radius 3 is 2.64 bits per heavy atom. The highest BCUT2D eigenvalue weighted by Crippen LogP contribution is 2.37. The molecule has 2 heterocycles. The second-order valence-corrected chi connectivity index (χ2v) is 7.58. The van der Waals surface area contributed by atoms with Gasteiger partial charge in [0.15, 0.2) is 0 Å². The lowest BCUT2D eigenvalue weighted by atomic mass is 9.95. The molecule has 0 fully saturated rings. The van der Waals surface area contributed by atoms with Crippen LogP contribution in [0.4, 0.5) is 16.4 Å². The van der Waals surface area contributed by atoms with Crippen LogP contribution in [0.5, 0.6) is 0 Å². The number of nitrogens with two attached hydrogens (primary N) is 1. The first-order valence-corrected chi connectivity index (χ1v) is 10.2. The van der Waals surface area contributed by atoms with Gasteiger partial charge in [-0.2, -0.15) is 0 Å². The predicted molar refractivity (Wildman–Crippen MR) is 116 cm³/mol. The minimum atomic E-state index is -0.262. The molecule has 1 aliphatic rings. The van der Waals surface area contributed by atoms with Gasteiger partial charge in [-0.3, -0.25) is 4.79 Å². The van der Waals surface area contributed by atoms with Gasteiger partial charge < -0.3 is 16.0 Å². The summed E-state index contributed by atoms with van der Waals surface area (Å²) in [5.41, 5.74) is 10.1. The number of nitrogens with zero attached hydrogens (tertiary/aromatic N) is 2. The van der Waals surface area contributed by atoms with Crippen LogP contribution in [0.15, 0.2) is 71.0 Å². The van der Waals surface area contributed by atoms with Gasteiger partial charge in [0, 0.05) is 16.9 Å². The molecule has 6 heteroatoms. The highest BCUT2D eigenvalue weighted by molar-refractivity contribution is 7.14. The highest BCUT2D eigenvalue weighted by Gasteiger charge is 2.23. The van der Waals surface area contributed by atoms with Crippen LogP contribution in [0, 0.1) is 0 Å². The first kappa shape index (κ1) is 18.4. The number of thiophene rings is 1. The number of aliphatic imine (C=N–C) groups is 1. The van der Waals surface area contributed by atoms with Crippen LogP contribution in [0.1, 0.15) is 36.6 Å². The van der Waals surface area contributed by atoms with E-state index < -0.39 is 0 Å². The van der Waals surface area contributed by atoms with Crippen LogP contribution in [0.2, 0.25) is 0 Å². The van der Waals surface area contributed by atoms with Crippen molar-refractivity contribution in [3.63, 3.8) is 0 Å². The van der Waals surface area contributed by atoms with Gasteiger partial charge in [0.25, 0.3) is 0 Å². The van der Waals surface area contributed by atoms with Crippen molar-refractivity contribution in [2.75, 3.05) is 10.2 Å². The van der Waals surface area contributed by atoms with Crippen LogP contribution in [0.25, 0.3) is 0 Å². The topological polar surface area (TPSA) is 70.7 Å². The first-order valence-electron chi connectivity index (χ1n) is 9.28. The molecular weight excluding hydrogens is 368 g/mol. The Balaban J connectivity index is 1.47. The maximum atomic E-state index is 12.7. The fourth-order valence-corrected chi connectivity index (χ4v) is 4.19. The van der Waals surface area contributed by atoms with E-state index in [-0.39, 0.29) is 18.0 Å². The lowest BCUT2D eigenvalue weighted by molar-refractivity contribution is -0.117. The fraction of sp³-hybridized carbons (Fsp3) is 0.182. The smallest absolute Gasteiger partial charge is 0.231 e. The quantitative estimate of drug-likeness (QED) is 0.643. The van der Waals surface area contributed by atoms with Crippen molar-refractivity contribution in [2.45, 2.75) is 25.4 Å². The lowest BCUT2D eigenvalue weighted by Crippen LogP contribution is -2.35. The minimum absolute atomic E-state index is 0.000557. The van der Waals surface area contributed by atoms with Crippen LogP contribution < -0.4 is 16.0 Å². The van der Waals surface area contributed by atoms with E-state index in [4.69, 9.17) is 5.73 Å². The standard InChI is InChI=1S/C22H22N4OS/c1-2-18(15-6-4-3-5-7-15)21(27)25-16-8-10-17(11-9-16)26-14-24-22-19(20(26)23)12-13-28-22/h3-14,18,20H,2,23H2,1H3,(H,25,27). The van der Waals surface area contributed by atoms with Crippen molar-refractivity contribution >= 4 is 40.0 Å². The third kappa shape index (κ3) is 3.56. The van der Waals surface area contributed by atoms with Gasteiger partial charge in [-0.05, 0) is 47.7 Å². The number of amides is 1. The normalized spacial score (nSPS) is 16.5. The summed E-state index contributed by atoms with van der Waals surface area (Å²) in [6.07, 6.45) is 2.25. The highest BCUT2D eigenvalue weighted by atomic mass is 32.1. The van der Waals surface area contributed by atoms with Crippen LogP contribution in [-0.4, -0.2) is 12.2 Å². The Labute approximate surface area is 168 Å². The Bertz CT molecular complexity index is 981. The van der Waals surface area contributed by atoms with E-state index in [1.54, 1.807) is 17.7 Å². The van der Waals surface area contributed by atoms with E-state index in [0.29, 0.717) is 0 Å². The largest absolute Gasteiger partial charge is 0.326 e. The third-order valence-corrected chi connectivity index (χ3v) is 5.79. The zero-order valence-electron chi connectivity index (χ0n) is 15.6. The van der Waals surface area contributed by atoms with Crippen molar-refractivity contribution in [1.29, 1.82) is 0 Å². The van der Waals surface area contributed by atoms with Crippen molar-refractivity contribution in [3.05, 3.63) is 77.2 Å². The second kappa shape index (κ2) is 7.96. The SMILES string of the molecule is CCC(C(=O)Nc1ccc(N2C=Nc3sccc3C2N)cc1)c1ccccc1. The number of fused-ring (bicyclic) bond motifs is 1.